The second-order valence-electron chi connectivity index (χ2n) is 6.15. The van der Waals surface area contributed by atoms with Gasteiger partial charge in [0.2, 0.25) is 15.9 Å². The van der Waals surface area contributed by atoms with Crippen molar-refractivity contribution in [3.8, 4) is 0 Å². The molecule has 0 radical (unpaired) electrons. The molecule has 0 spiro atoms. The zero-order valence-electron chi connectivity index (χ0n) is 15.8. The summed E-state index contributed by atoms with van der Waals surface area (Å²) in [5.41, 5.74) is 0.876. The van der Waals surface area contributed by atoms with E-state index in [0.29, 0.717) is 11.4 Å². The molecule has 9 nitrogen and oxygen atoms in total. The predicted molar refractivity (Wildman–Crippen MR) is 111 cm³/mol. The highest BCUT2D eigenvalue weighted by atomic mass is 32.2. The highest BCUT2D eigenvalue weighted by molar-refractivity contribution is 7.89. The Hall–Kier alpha value is -3.63. The second-order valence-corrected chi connectivity index (χ2v) is 7.92. The smallest absolute Gasteiger partial charge is 0.319 e. The first-order chi connectivity index (χ1) is 14.4. The quantitative estimate of drug-likeness (QED) is 0.438. The maximum atomic E-state index is 12.4. The number of sulfonamides is 1. The fourth-order valence-corrected chi connectivity index (χ4v) is 3.50. The number of carbonyl (C=O) groups excluding carboxylic acids is 2. The van der Waals surface area contributed by atoms with Gasteiger partial charge in [-0.25, -0.2) is 17.9 Å². The zero-order chi connectivity index (χ0) is 21.4. The van der Waals surface area contributed by atoms with Gasteiger partial charge in [0.25, 0.3) is 0 Å². The van der Waals surface area contributed by atoms with Gasteiger partial charge in [0, 0.05) is 11.4 Å². The maximum Gasteiger partial charge on any atom is 0.319 e. The van der Waals surface area contributed by atoms with Crippen LogP contribution in [0.3, 0.4) is 0 Å². The first-order valence-corrected chi connectivity index (χ1v) is 10.4. The lowest BCUT2D eigenvalue weighted by Crippen LogP contribution is -2.35. The number of furan rings is 1. The van der Waals surface area contributed by atoms with Crippen molar-refractivity contribution in [3.63, 3.8) is 0 Å². The first kappa shape index (κ1) is 21.1. The molecule has 0 saturated carbocycles. The summed E-state index contributed by atoms with van der Waals surface area (Å²) >= 11 is 0. The molecule has 4 N–H and O–H groups in total. The number of carbonyl (C=O) groups is 2. The van der Waals surface area contributed by atoms with E-state index in [9.17, 15) is 18.0 Å². The van der Waals surface area contributed by atoms with Crippen molar-refractivity contribution in [2.45, 2.75) is 11.4 Å². The molecule has 1 aromatic heterocycles. The fourth-order valence-electron chi connectivity index (χ4n) is 2.47. The zero-order valence-corrected chi connectivity index (χ0v) is 16.6. The summed E-state index contributed by atoms with van der Waals surface area (Å²) in [6, 6.07) is 17.4. The molecular formula is C20H20N4O5S. The van der Waals surface area contributed by atoms with Crippen molar-refractivity contribution in [2.24, 2.45) is 0 Å². The van der Waals surface area contributed by atoms with E-state index in [-0.39, 0.29) is 23.7 Å². The largest absolute Gasteiger partial charge is 0.468 e. The van der Waals surface area contributed by atoms with Crippen LogP contribution >= 0.6 is 0 Å². The molecule has 0 unspecified atom stereocenters. The number of para-hydroxylation sites is 1. The molecule has 156 valence electrons. The van der Waals surface area contributed by atoms with Crippen molar-refractivity contribution < 1.29 is 22.4 Å². The minimum atomic E-state index is -3.80. The van der Waals surface area contributed by atoms with E-state index in [1.807, 2.05) is 6.07 Å². The standard InChI is InChI=1S/C20H20N4O5S/c25-19(14-21-20(26)24-15-6-2-1-3-7-15)23-16-8-4-10-18(12-16)30(27,28)22-13-17-9-5-11-29-17/h1-12,22H,13-14H2,(H,23,25)(H2,21,24,26). The van der Waals surface area contributed by atoms with Gasteiger partial charge < -0.3 is 20.4 Å². The SMILES string of the molecule is O=C(CNC(=O)Nc1ccccc1)Nc1cccc(S(=O)(=O)NCc2ccco2)c1. The first-order valence-electron chi connectivity index (χ1n) is 8.94. The van der Waals surface area contributed by atoms with Crippen LogP contribution in [0.25, 0.3) is 0 Å². The Kier molecular flexibility index (Phi) is 6.83. The lowest BCUT2D eigenvalue weighted by atomic mass is 10.3. The van der Waals surface area contributed by atoms with E-state index >= 15 is 0 Å². The van der Waals surface area contributed by atoms with Gasteiger partial charge in [-0.2, -0.15) is 0 Å². The molecule has 0 saturated heterocycles. The Bertz CT molecular complexity index is 1100. The summed E-state index contributed by atoms with van der Waals surface area (Å²) in [5.74, 6) is -0.0285. The van der Waals surface area contributed by atoms with E-state index in [0.717, 1.165) is 0 Å². The Morgan fingerprint density at radius 1 is 0.867 bits per heavy atom. The van der Waals surface area contributed by atoms with E-state index in [1.165, 1.54) is 24.5 Å². The van der Waals surface area contributed by atoms with Crippen molar-refractivity contribution in [1.82, 2.24) is 10.0 Å². The maximum absolute atomic E-state index is 12.4. The summed E-state index contributed by atoms with van der Waals surface area (Å²) in [4.78, 5) is 23.9. The van der Waals surface area contributed by atoms with Crippen LogP contribution in [0.5, 0.6) is 0 Å². The van der Waals surface area contributed by atoms with Gasteiger partial charge in [-0.3, -0.25) is 4.79 Å². The van der Waals surface area contributed by atoms with Crippen molar-refractivity contribution in [1.29, 1.82) is 0 Å². The molecule has 0 aliphatic carbocycles. The van der Waals surface area contributed by atoms with Crippen molar-refractivity contribution in [2.75, 3.05) is 17.2 Å². The molecule has 10 heteroatoms. The molecular weight excluding hydrogens is 408 g/mol. The number of hydrogen-bond donors (Lipinski definition) is 4. The van der Waals surface area contributed by atoms with Crippen LogP contribution in [-0.4, -0.2) is 26.9 Å². The number of nitrogens with one attached hydrogen (secondary N) is 4. The van der Waals surface area contributed by atoms with Crippen molar-refractivity contribution >= 4 is 33.3 Å². The summed E-state index contributed by atoms with van der Waals surface area (Å²) in [7, 11) is -3.80. The lowest BCUT2D eigenvalue weighted by Gasteiger charge is -2.10. The van der Waals surface area contributed by atoms with Crippen LogP contribution in [-0.2, 0) is 21.4 Å². The third kappa shape index (κ3) is 6.19. The number of rotatable bonds is 8. The number of urea groups is 1. The number of benzene rings is 2. The highest BCUT2D eigenvalue weighted by Crippen LogP contribution is 2.16. The monoisotopic (exact) mass is 428 g/mol. The summed E-state index contributed by atoms with van der Waals surface area (Å²) in [6.45, 7) is -0.279. The predicted octanol–water partition coefficient (Wildman–Crippen LogP) is 2.52. The van der Waals surface area contributed by atoms with E-state index in [1.54, 1.807) is 42.5 Å². The Morgan fingerprint density at radius 2 is 1.63 bits per heavy atom. The number of hydrogen-bond acceptors (Lipinski definition) is 5. The van der Waals surface area contributed by atoms with Crippen LogP contribution in [0.1, 0.15) is 5.76 Å². The van der Waals surface area contributed by atoms with Crippen LogP contribution in [0.15, 0.2) is 82.3 Å². The molecule has 0 fully saturated rings. The Morgan fingerprint density at radius 3 is 2.37 bits per heavy atom. The minimum absolute atomic E-state index is 0.00632. The minimum Gasteiger partial charge on any atom is -0.468 e. The van der Waals surface area contributed by atoms with E-state index < -0.39 is 22.0 Å². The Balaban J connectivity index is 1.52. The van der Waals surface area contributed by atoms with Gasteiger partial charge in [0.1, 0.15) is 5.76 Å². The van der Waals surface area contributed by atoms with Gasteiger partial charge in [0.05, 0.1) is 24.2 Å². The van der Waals surface area contributed by atoms with Gasteiger partial charge in [-0.05, 0) is 42.5 Å². The third-order valence-corrected chi connectivity index (χ3v) is 5.28. The summed E-state index contributed by atoms with van der Waals surface area (Å²) < 4.78 is 32.4. The van der Waals surface area contributed by atoms with Crippen LogP contribution in [0.2, 0.25) is 0 Å². The molecule has 0 aliphatic rings. The average Bonchev–Trinajstić information content (AvgIpc) is 3.26. The number of amides is 3. The van der Waals surface area contributed by atoms with Gasteiger partial charge in [0.15, 0.2) is 0 Å². The average molecular weight is 428 g/mol. The topological polar surface area (TPSA) is 130 Å². The molecule has 3 aromatic rings. The molecule has 0 bridgehead atoms. The lowest BCUT2D eigenvalue weighted by molar-refractivity contribution is -0.115. The molecule has 3 amide bonds. The van der Waals surface area contributed by atoms with Crippen LogP contribution < -0.4 is 20.7 Å². The van der Waals surface area contributed by atoms with Gasteiger partial charge in [-0.1, -0.05) is 24.3 Å². The van der Waals surface area contributed by atoms with Crippen LogP contribution in [0, 0.1) is 0 Å². The van der Waals surface area contributed by atoms with E-state index in [2.05, 4.69) is 20.7 Å². The summed E-state index contributed by atoms with van der Waals surface area (Å²) in [6.07, 6.45) is 1.45. The van der Waals surface area contributed by atoms with Crippen LogP contribution in [0.4, 0.5) is 16.2 Å². The van der Waals surface area contributed by atoms with Gasteiger partial charge >= 0.3 is 6.03 Å². The fraction of sp³-hybridized carbons (Fsp3) is 0.100. The molecule has 0 atom stereocenters. The van der Waals surface area contributed by atoms with E-state index in [4.69, 9.17) is 4.42 Å². The molecule has 30 heavy (non-hydrogen) atoms. The Labute approximate surface area is 173 Å². The molecule has 2 aromatic carbocycles. The normalized spacial score (nSPS) is 10.9. The van der Waals surface area contributed by atoms with Crippen molar-refractivity contribution in [3.05, 3.63) is 78.8 Å². The summed E-state index contributed by atoms with van der Waals surface area (Å²) in [5, 5.41) is 7.57. The number of anilines is 2. The molecule has 1 heterocycles. The second kappa shape index (κ2) is 9.72. The highest BCUT2D eigenvalue weighted by Gasteiger charge is 2.15. The molecule has 0 aliphatic heterocycles. The third-order valence-electron chi connectivity index (χ3n) is 3.89. The molecule has 3 rings (SSSR count). The van der Waals surface area contributed by atoms with Gasteiger partial charge in [-0.15, -0.1) is 0 Å².